The van der Waals surface area contributed by atoms with E-state index in [1.807, 2.05) is 37.2 Å². The third-order valence-electron chi connectivity index (χ3n) is 5.57. The zero-order chi connectivity index (χ0) is 26.6. The van der Waals surface area contributed by atoms with Crippen molar-refractivity contribution in [3.63, 3.8) is 0 Å². The molecule has 0 spiro atoms. The lowest BCUT2D eigenvalue weighted by molar-refractivity contribution is -0.121. The fourth-order valence-electron chi connectivity index (χ4n) is 3.75. The molecule has 8 nitrogen and oxygen atoms in total. The summed E-state index contributed by atoms with van der Waals surface area (Å²) >= 11 is 3.17. The van der Waals surface area contributed by atoms with E-state index in [1.165, 1.54) is 11.0 Å². The van der Waals surface area contributed by atoms with E-state index in [0.717, 1.165) is 11.1 Å². The van der Waals surface area contributed by atoms with Gasteiger partial charge >= 0.3 is 6.09 Å². The Morgan fingerprint density at radius 3 is 2.56 bits per heavy atom. The van der Waals surface area contributed by atoms with Crippen LogP contribution in [-0.4, -0.2) is 67.8 Å². The molecule has 2 aromatic rings. The van der Waals surface area contributed by atoms with E-state index in [1.54, 1.807) is 33.9 Å². The molecule has 1 heterocycles. The monoisotopic (exact) mass is 565 g/mol. The standard InChI is InChI=1S/C26H33BrFN3O5/c1-26(2,3)36-25(33)31-15-16-7-8-18(34-6)13-17(16)14-21(31)24(32)29-20-10-9-19(27)22(28)23(20)35-12-11-30(4)5/h7-10,13,21H,11-12,14-15H2,1-6H3,(H,29,32)/t21-/m1/s1. The number of carbonyl (C=O) groups is 2. The predicted molar refractivity (Wildman–Crippen MR) is 139 cm³/mol. The van der Waals surface area contributed by atoms with Gasteiger partial charge in [-0.3, -0.25) is 9.69 Å². The molecule has 0 saturated heterocycles. The second-order valence-electron chi connectivity index (χ2n) is 9.84. The number of fused-ring (bicyclic) bond motifs is 1. The number of nitrogens with zero attached hydrogens (tertiary/aromatic N) is 2. The van der Waals surface area contributed by atoms with E-state index < -0.39 is 29.5 Å². The molecule has 0 unspecified atom stereocenters. The van der Waals surface area contributed by atoms with Crippen molar-refractivity contribution in [3.8, 4) is 11.5 Å². The molecule has 0 aliphatic carbocycles. The Hall–Kier alpha value is -2.85. The molecule has 0 saturated carbocycles. The van der Waals surface area contributed by atoms with E-state index in [4.69, 9.17) is 14.2 Å². The Labute approximate surface area is 219 Å². The van der Waals surface area contributed by atoms with Gasteiger partial charge in [-0.2, -0.15) is 0 Å². The molecule has 0 aromatic heterocycles. The summed E-state index contributed by atoms with van der Waals surface area (Å²) in [6, 6.07) is 7.72. The number of ether oxygens (including phenoxy) is 3. The molecule has 3 rings (SSSR count). The lowest BCUT2D eigenvalue weighted by Crippen LogP contribution is -2.52. The predicted octanol–water partition coefficient (Wildman–Crippen LogP) is 4.84. The first-order valence-corrected chi connectivity index (χ1v) is 12.4. The summed E-state index contributed by atoms with van der Waals surface area (Å²) in [5, 5.41) is 2.77. The van der Waals surface area contributed by atoms with Gasteiger partial charge in [0.25, 0.3) is 0 Å². The summed E-state index contributed by atoms with van der Waals surface area (Å²) < 4.78 is 31.7. The first-order chi connectivity index (χ1) is 16.9. The van der Waals surface area contributed by atoms with E-state index in [9.17, 15) is 14.0 Å². The summed E-state index contributed by atoms with van der Waals surface area (Å²) in [5.41, 5.74) is 1.23. The maximum absolute atomic E-state index is 14.9. The van der Waals surface area contributed by atoms with Crippen molar-refractivity contribution in [2.75, 3.05) is 39.7 Å². The average molecular weight is 566 g/mol. The number of carbonyl (C=O) groups excluding carboxylic acids is 2. The van der Waals surface area contributed by atoms with Crippen molar-refractivity contribution in [1.82, 2.24) is 9.80 Å². The molecule has 1 aliphatic heterocycles. The lowest BCUT2D eigenvalue weighted by atomic mass is 9.93. The van der Waals surface area contributed by atoms with Gasteiger partial charge < -0.3 is 24.4 Å². The summed E-state index contributed by atoms with van der Waals surface area (Å²) in [4.78, 5) is 29.9. The minimum absolute atomic E-state index is 0.0683. The van der Waals surface area contributed by atoms with Crippen molar-refractivity contribution in [2.45, 2.75) is 45.4 Å². The molecule has 1 atom stereocenters. The number of nitrogens with one attached hydrogen (secondary N) is 1. The molecular weight excluding hydrogens is 533 g/mol. The number of likely N-dealkylation sites (N-methyl/N-ethyl adjacent to an activating group) is 1. The minimum Gasteiger partial charge on any atom is -0.497 e. The summed E-state index contributed by atoms with van der Waals surface area (Å²) in [6.45, 7) is 6.28. The van der Waals surface area contributed by atoms with Gasteiger partial charge in [0, 0.05) is 13.0 Å². The molecule has 1 aliphatic rings. The Bertz CT molecular complexity index is 1120. The van der Waals surface area contributed by atoms with Crippen molar-refractivity contribution in [3.05, 3.63) is 51.7 Å². The zero-order valence-corrected chi connectivity index (χ0v) is 23.1. The largest absolute Gasteiger partial charge is 0.497 e. The van der Waals surface area contributed by atoms with Crippen molar-refractivity contribution in [1.29, 1.82) is 0 Å². The van der Waals surface area contributed by atoms with Crippen molar-refractivity contribution >= 4 is 33.6 Å². The molecule has 36 heavy (non-hydrogen) atoms. The first kappa shape index (κ1) is 27.7. The van der Waals surface area contributed by atoms with Crippen LogP contribution in [0.25, 0.3) is 0 Å². The molecule has 1 N–H and O–H groups in total. The maximum atomic E-state index is 14.9. The van der Waals surface area contributed by atoms with E-state index in [0.29, 0.717) is 12.3 Å². The maximum Gasteiger partial charge on any atom is 0.411 e. The fourth-order valence-corrected chi connectivity index (χ4v) is 4.06. The van der Waals surface area contributed by atoms with Crippen LogP contribution in [0.2, 0.25) is 0 Å². The normalized spacial score (nSPS) is 15.4. The quantitative estimate of drug-likeness (QED) is 0.517. The second kappa shape index (κ2) is 11.5. The van der Waals surface area contributed by atoms with Gasteiger partial charge in [0.2, 0.25) is 5.91 Å². The summed E-state index contributed by atoms with van der Waals surface area (Å²) in [6.07, 6.45) is -0.360. The number of benzene rings is 2. The van der Waals surface area contributed by atoms with E-state index in [2.05, 4.69) is 21.2 Å². The van der Waals surface area contributed by atoms with Gasteiger partial charge in [-0.25, -0.2) is 9.18 Å². The van der Waals surface area contributed by atoms with Gasteiger partial charge in [-0.05, 0) is 86.2 Å². The first-order valence-electron chi connectivity index (χ1n) is 11.6. The highest BCUT2D eigenvalue weighted by atomic mass is 79.9. The fraction of sp³-hybridized carbons (Fsp3) is 0.462. The van der Waals surface area contributed by atoms with Gasteiger partial charge in [0.15, 0.2) is 11.6 Å². The smallest absolute Gasteiger partial charge is 0.411 e. The summed E-state index contributed by atoms with van der Waals surface area (Å²) in [5.74, 6) is -0.505. The molecule has 0 fully saturated rings. The van der Waals surface area contributed by atoms with Crippen LogP contribution in [0.5, 0.6) is 11.5 Å². The van der Waals surface area contributed by atoms with Crippen LogP contribution >= 0.6 is 15.9 Å². The van der Waals surface area contributed by atoms with Gasteiger partial charge in [0.05, 0.1) is 23.8 Å². The summed E-state index contributed by atoms with van der Waals surface area (Å²) in [7, 11) is 5.33. The molecule has 196 valence electrons. The highest BCUT2D eigenvalue weighted by molar-refractivity contribution is 9.10. The number of hydrogen-bond acceptors (Lipinski definition) is 6. The number of halogens is 2. The SMILES string of the molecule is COc1ccc2c(c1)C[C@H](C(=O)Nc1ccc(Br)c(F)c1OCCN(C)C)N(C(=O)OC(C)(C)C)C2. The number of anilines is 1. The number of rotatable bonds is 7. The van der Waals surface area contributed by atoms with Crippen LogP contribution in [0.1, 0.15) is 31.9 Å². The van der Waals surface area contributed by atoms with Crippen LogP contribution in [0.3, 0.4) is 0 Å². The highest BCUT2D eigenvalue weighted by Crippen LogP contribution is 2.34. The Balaban J connectivity index is 1.91. The van der Waals surface area contributed by atoms with Crippen LogP contribution < -0.4 is 14.8 Å². The molecule has 2 aromatic carbocycles. The van der Waals surface area contributed by atoms with Crippen molar-refractivity contribution in [2.24, 2.45) is 0 Å². The van der Waals surface area contributed by atoms with Crippen LogP contribution in [-0.2, 0) is 22.5 Å². The van der Waals surface area contributed by atoms with Gasteiger partial charge in [0.1, 0.15) is 24.0 Å². The van der Waals surface area contributed by atoms with Crippen LogP contribution in [0, 0.1) is 5.82 Å². The molecular formula is C26H33BrFN3O5. The number of methoxy groups -OCH3 is 1. The molecule has 2 amide bonds. The minimum atomic E-state index is -0.888. The Morgan fingerprint density at radius 2 is 1.92 bits per heavy atom. The number of amides is 2. The Kier molecular flexibility index (Phi) is 8.84. The van der Waals surface area contributed by atoms with E-state index >= 15 is 0 Å². The molecule has 0 radical (unpaired) electrons. The molecule has 10 heteroatoms. The Morgan fingerprint density at radius 1 is 1.19 bits per heavy atom. The lowest BCUT2D eigenvalue weighted by Gasteiger charge is -2.37. The second-order valence-corrected chi connectivity index (χ2v) is 10.7. The van der Waals surface area contributed by atoms with Crippen LogP contribution in [0.15, 0.2) is 34.8 Å². The zero-order valence-electron chi connectivity index (χ0n) is 21.5. The van der Waals surface area contributed by atoms with Gasteiger partial charge in [-0.15, -0.1) is 0 Å². The topological polar surface area (TPSA) is 80.3 Å². The van der Waals surface area contributed by atoms with E-state index in [-0.39, 0.29) is 35.5 Å². The molecule has 0 bridgehead atoms. The third-order valence-corrected chi connectivity index (χ3v) is 6.18. The van der Waals surface area contributed by atoms with Crippen molar-refractivity contribution < 1.29 is 28.2 Å². The highest BCUT2D eigenvalue weighted by Gasteiger charge is 2.37. The third kappa shape index (κ3) is 6.88. The number of hydrogen-bond donors (Lipinski definition) is 1. The average Bonchev–Trinajstić information content (AvgIpc) is 2.80. The van der Waals surface area contributed by atoms with Gasteiger partial charge in [-0.1, -0.05) is 6.07 Å². The van der Waals surface area contributed by atoms with Crippen LogP contribution in [0.4, 0.5) is 14.9 Å².